The van der Waals surface area contributed by atoms with Crippen LogP contribution < -0.4 is 5.32 Å². The zero-order valence-corrected chi connectivity index (χ0v) is 13.9. The molecule has 1 unspecified atom stereocenters. The summed E-state index contributed by atoms with van der Waals surface area (Å²) < 4.78 is 12.1. The second-order valence-corrected chi connectivity index (χ2v) is 5.86. The van der Waals surface area contributed by atoms with Gasteiger partial charge >= 0.3 is 0 Å². The molecule has 1 aliphatic carbocycles. The number of amides is 1. The average Bonchev–Trinajstić information content (AvgIpc) is 3.06. The molecule has 0 saturated carbocycles. The van der Waals surface area contributed by atoms with Crippen LogP contribution >= 0.6 is 0 Å². The number of hydrogen-bond acceptors (Lipinski definition) is 4. The molecular weight excluding hydrogens is 306 g/mol. The van der Waals surface area contributed by atoms with Crippen molar-refractivity contribution in [3.63, 3.8) is 0 Å². The van der Waals surface area contributed by atoms with Crippen molar-refractivity contribution in [1.29, 1.82) is 0 Å². The van der Waals surface area contributed by atoms with Crippen molar-refractivity contribution in [3.05, 3.63) is 47.7 Å². The molecule has 6 heteroatoms. The maximum Gasteiger partial charge on any atom is 0.251 e. The van der Waals surface area contributed by atoms with Crippen molar-refractivity contribution in [2.75, 3.05) is 32.2 Å². The van der Waals surface area contributed by atoms with Crippen LogP contribution in [-0.4, -0.2) is 42.6 Å². The monoisotopic (exact) mass is 329 g/mol. The quantitative estimate of drug-likeness (QED) is 0.792. The molecule has 1 N–H and O–H groups in total. The Hall–Kier alpha value is -2.18. The largest absolute Gasteiger partial charge is 0.382 e. The second kappa shape index (κ2) is 8.08. The van der Waals surface area contributed by atoms with Gasteiger partial charge in [0.1, 0.15) is 12.4 Å². The molecule has 1 aromatic carbocycles. The predicted molar refractivity (Wildman–Crippen MR) is 91.1 cm³/mol. The third kappa shape index (κ3) is 3.83. The van der Waals surface area contributed by atoms with Crippen LogP contribution in [0.2, 0.25) is 0 Å². The fourth-order valence-corrected chi connectivity index (χ4v) is 3.13. The van der Waals surface area contributed by atoms with E-state index < -0.39 is 0 Å². The number of aryl methyl sites for hydroxylation is 1. The van der Waals surface area contributed by atoms with Crippen molar-refractivity contribution in [2.24, 2.45) is 0 Å². The number of ether oxygens (including phenoxy) is 2. The molecule has 0 spiro atoms. The number of aromatic nitrogens is 2. The third-order valence-electron chi connectivity index (χ3n) is 4.24. The van der Waals surface area contributed by atoms with Crippen LogP contribution in [0.4, 0.5) is 5.82 Å². The zero-order chi connectivity index (χ0) is 16.8. The Morgan fingerprint density at radius 2 is 2.21 bits per heavy atom. The van der Waals surface area contributed by atoms with Gasteiger partial charge in [0.15, 0.2) is 0 Å². The van der Waals surface area contributed by atoms with Crippen molar-refractivity contribution < 1.29 is 14.3 Å². The normalized spacial score (nSPS) is 16.6. The number of nitrogens with zero attached hydrogens (tertiary/aromatic N) is 2. The minimum absolute atomic E-state index is 0.00972. The van der Waals surface area contributed by atoms with Crippen LogP contribution in [0.15, 0.2) is 36.5 Å². The predicted octanol–water partition coefficient (Wildman–Crippen LogP) is 2.41. The van der Waals surface area contributed by atoms with E-state index in [1.807, 2.05) is 10.7 Å². The molecule has 0 bridgehead atoms. The first kappa shape index (κ1) is 16.7. The lowest BCUT2D eigenvalue weighted by atomic mass is 9.88. The highest BCUT2D eigenvalue weighted by Crippen LogP contribution is 2.34. The highest BCUT2D eigenvalue weighted by Gasteiger charge is 2.24. The van der Waals surface area contributed by atoms with E-state index in [4.69, 9.17) is 9.47 Å². The van der Waals surface area contributed by atoms with Gasteiger partial charge in [0.25, 0.3) is 5.91 Å². The second-order valence-electron chi connectivity index (χ2n) is 5.86. The standard InChI is InChI=1S/C18H23N3O3/c1-23-11-12-24-13-18(22)20-17-9-10-19-21(17)16-8-4-6-14-5-2-3-7-15(14)16/h2-3,5,7,9-10,16H,4,6,8,11-13H2,1H3,(H,20,22). The van der Waals surface area contributed by atoms with Gasteiger partial charge in [-0.25, -0.2) is 4.68 Å². The Balaban J connectivity index is 1.69. The lowest BCUT2D eigenvalue weighted by molar-refractivity contribution is -0.121. The third-order valence-corrected chi connectivity index (χ3v) is 4.24. The number of benzene rings is 1. The number of rotatable bonds is 7. The fraction of sp³-hybridized carbons (Fsp3) is 0.444. The maximum atomic E-state index is 12.0. The van der Waals surface area contributed by atoms with E-state index in [-0.39, 0.29) is 18.6 Å². The van der Waals surface area contributed by atoms with Crippen molar-refractivity contribution in [2.45, 2.75) is 25.3 Å². The summed E-state index contributed by atoms with van der Waals surface area (Å²) in [6, 6.07) is 10.4. The van der Waals surface area contributed by atoms with Crippen molar-refractivity contribution >= 4 is 11.7 Å². The molecule has 1 heterocycles. The first-order valence-corrected chi connectivity index (χ1v) is 8.27. The summed E-state index contributed by atoms with van der Waals surface area (Å²) in [6.45, 7) is 0.888. The summed E-state index contributed by atoms with van der Waals surface area (Å²) in [5, 5.41) is 7.33. The van der Waals surface area contributed by atoms with Gasteiger partial charge in [-0.15, -0.1) is 0 Å². The van der Waals surface area contributed by atoms with E-state index in [0.717, 1.165) is 19.3 Å². The first-order chi connectivity index (χ1) is 11.8. The minimum Gasteiger partial charge on any atom is -0.382 e. The number of methoxy groups -OCH3 is 1. The molecule has 0 radical (unpaired) electrons. The molecule has 24 heavy (non-hydrogen) atoms. The Morgan fingerprint density at radius 1 is 1.33 bits per heavy atom. The van der Waals surface area contributed by atoms with Gasteiger partial charge in [-0.2, -0.15) is 5.10 Å². The van der Waals surface area contributed by atoms with E-state index in [1.165, 1.54) is 11.1 Å². The van der Waals surface area contributed by atoms with Crippen LogP contribution in [0.5, 0.6) is 0 Å². The van der Waals surface area contributed by atoms with Gasteiger partial charge in [-0.05, 0) is 30.4 Å². The Bertz CT molecular complexity index is 684. The first-order valence-electron chi connectivity index (χ1n) is 8.27. The summed E-state index contributed by atoms with van der Waals surface area (Å²) in [5.41, 5.74) is 2.66. The van der Waals surface area contributed by atoms with E-state index in [1.54, 1.807) is 13.3 Å². The van der Waals surface area contributed by atoms with Crippen LogP contribution in [0, 0.1) is 0 Å². The number of anilines is 1. The van der Waals surface area contributed by atoms with Crippen LogP contribution in [0.25, 0.3) is 0 Å². The molecule has 3 rings (SSSR count). The Morgan fingerprint density at radius 3 is 3.08 bits per heavy atom. The summed E-state index contributed by atoms with van der Waals surface area (Å²) >= 11 is 0. The molecule has 1 aliphatic rings. The molecule has 6 nitrogen and oxygen atoms in total. The van der Waals surface area contributed by atoms with Gasteiger partial charge in [-0.1, -0.05) is 24.3 Å². The zero-order valence-electron chi connectivity index (χ0n) is 13.9. The van der Waals surface area contributed by atoms with Crippen LogP contribution in [0.3, 0.4) is 0 Å². The SMILES string of the molecule is COCCOCC(=O)Nc1ccnn1C1CCCc2ccccc21. The Labute approximate surface area is 141 Å². The van der Waals surface area contributed by atoms with Gasteiger partial charge in [0.2, 0.25) is 0 Å². The summed E-state index contributed by atoms with van der Waals surface area (Å²) in [7, 11) is 1.60. The minimum atomic E-state index is -0.183. The number of nitrogens with one attached hydrogen (secondary N) is 1. The summed E-state index contributed by atoms with van der Waals surface area (Å²) in [5.74, 6) is 0.522. The average molecular weight is 329 g/mol. The lowest BCUT2D eigenvalue weighted by Crippen LogP contribution is -2.24. The fourth-order valence-electron chi connectivity index (χ4n) is 3.13. The van der Waals surface area contributed by atoms with Crippen molar-refractivity contribution in [1.82, 2.24) is 9.78 Å². The molecule has 0 fully saturated rings. The maximum absolute atomic E-state index is 12.0. The van der Waals surface area contributed by atoms with Crippen LogP contribution in [0.1, 0.15) is 30.0 Å². The number of fused-ring (bicyclic) bond motifs is 1. The van der Waals surface area contributed by atoms with Crippen LogP contribution in [-0.2, 0) is 20.7 Å². The van der Waals surface area contributed by atoms with E-state index >= 15 is 0 Å². The lowest BCUT2D eigenvalue weighted by Gasteiger charge is -2.27. The highest BCUT2D eigenvalue weighted by molar-refractivity contribution is 5.90. The van der Waals surface area contributed by atoms with E-state index in [2.05, 4.69) is 34.7 Å². The molecule has 128 valence electrons. The number of hydrogen-bond donors (Lipinski definition) is 1. The van der Waals surface area contributed by atoms with Crippen molar-refractivity contribution in [3.8, 4) is 0 Å². The molecule has 2 aromatic rings. The van der Waals surface area contributed by atoms with Gasteiger partial charge < -0.3 is 14.8 Å². The number of carbonyl (C=O) groups is 1. The highest BCUT2D eigenvalue weighted by atomic mass is 16.5. The summed E-state index contributed by atoms with van der Waals surface area (Å²) in [6.07, 6.45) is 4.96. The van der Waals surface area contributed by atoms with Gasteiger partial charge in [0.05, 0.1) is 25.5 Å². The Kier molecular flexibility index (Phi) is 5.61. The molecule has 1 atom stereocenters. The molecular formula is C18H23N3O3. The smallest absolute Gasteiger partial charge is 0.251 e. The summed E-state index contributed by atoms with van der Waals surface area (Å²) in [4.78, 5) is 12.0. The van der Waals surface area contributed by atoms with Gasteiger partial charge in [-0.3, -0.25) is 4.79 Å². The molecule has 0 aliphatic heterocycles. The molecule has 0 saturated heterocycles. The van der Waals surface area contributed by atoms with E-state index in [9.17, 15) is 4.79 Å². The molecule has 1 aromatic heterocycles. The number of carbonyl (C=O) groups excluding carboxylic acids is 1. The topological polar surface area (TPSA) is 65.4 Å². The van der Waals surface area contributed by atoms with Gasteiger partial charge in [0, 0.05) is 13.2 Å². The molecule has 1 amide bonds. The van der Waals surface area contributed by atoms with E-state index in [0.29, 0.717) is 19.0 Å².